The summed E-state index contributed by atoms with van der Waals surface area (Å²) in [4.78, 5) is 28.1. The molecule has 6 nitrogen and oxygen atoms in total. The van der Waals surface area contributed by atoms with Crippen LogP contribution in [0.1, 0.15) is 27.2 Å². The summed E-state index contributed by atoms with van der Waals surface area (Å²) in [7, 11) is 1.20. The third-order valence-corrected chi connectivity index (χ3v) is 4.44. The molecular formula is C24H21FN2O4. The van der Waals surface area contributed by atoms with Crippen molar-refractivity contribution in [3.63, 3.8) is 0 Å². The second kappa shape index (κ2) is 10.2. The van der Waals surface area contributed by atoms with Gasteiger partial charge in [0.2, 0.25) is 5.91 Å². The van der Waals surface area contributed by atoms with Crippen molar-refractivity contribution >= 4 is 23.6 Å². The zero-order valence-corrected chi connectivity index (χ0v) is 17.1. The van der Waals surface area contributed by atoms with Crippen LogP contribution in [0, 0.1) is 12.7 Å². The lowest BCUT2D eigenvalue weighted by Crippen LogP contribution is -2.11. The zero-order chi connectivity index (χ0) is 22.2. The molecule has 3 rings (SSSR count). The number of carbonyl (C=O) groups is 2. The van der Waals surface area contributed by atoms with Gasteiger partial charge in [0.25, 0.3) is 0 Å². The van der Waals surface area contributed by atoms with Gasteiger partial charge in [-0.05, 0) is 55.0 Å². The smallest absolute Gasteiger partial charge is 0.338 e. The van der Waals surface area contributed by atoms with Crippen molar-refractivity contribution in [2.75, 3.05) is 12.4 Å². The number of halogens is 1. The SMILES string of the molecule is COC(=O)c1cc(F)c(C)c(NC(=O)/C=C/c2ccc(OCc3ccccn3)cc2)c1. The van der Waals surface area contributed by atoms with Gasteiger partial charge >= 0.3 is 5.97 Å². The fourth-order valence-corrected chi connectivity index (χ4v) is 2.71. The summed E-state index contributed by atoms with van der Waals surface area (Å²) in [5.41, 5.74) is 2.06. The van der Waals surface area contributed by atoms with Crippen LogP contribution in [0.25, 0.3) is 6.08 Å². The van der Waals surface area contributed by atoms with E-state index >= 15 is 0 Å². The van der Waals surface area contributed by atoms with E-state index in [0.29, 0.717) is 12.4 Å². The molecule has 0 saturated heterocycles. The first-order valence-corrected chi connectivity index (χ1v) is 9.46. The van der Waals surface area contributed by atoms with Gasteiger partial charge < -0.3 is 14.8 Å². The van der Waals surface area contributed by atoms with Gasteiger partial charge in [-0.2, -0.15) is 0 Å². The van der Waals surface area contributed by atoms with Crippen LogP contribution in [0.4, 0.5) is 10.1 Å². The predicted octanol–water partition coefficient (Wildman–Crippen LogP) is 4.55. The van der Waals surface area contributed by atoms with Crippen molar-refractivity contribution < 1.29 is 23.5 Å². The Morgan fingerprint density at radius 3 is 2.58 bits per heavy atom. The van der Waals surface area contributed by atoms with E-state index < -0.39 is 17.7 Å². The maximum atomic E-state index is 14.1. The zero-order valence-electron chi connectivity index (χ0n) is 17.1. The highest BCUT2D eigenvalue weighted by Gasteiger charge is 2.13. The Balaban J connectivity index is 1.61. The van der Waals surface area contributed by atoms with Crippen molar-refractivity contribution in [1.29, 1.82) is 0 Å². The van der Waals surface area contributed by atoms with Gasteiger partial charge in [0.05, 0.1) is 18.4 Å². The summed E-state index contributed by atoms with van der Waals surface area (Å²) >= 11 is 0. The number of ether oxygens (including phenoxy) is 2. The van der Waals surface area contributed by atoms with E-state index in [1.807, 2.05) is 18.2 Å². The largest absolute Gasteiger partial charge is 0.487 e. The minimum Gasteiger partial charge on any atom is -0.487 e. The Labute approximate surface area is 179 Å². The number of rotatable bonds is 7. The van der Waals surface area contributed by atoms with Crippen LogP contribution in [0.5, 0.6) is 5.75 Å². The van der Waals surface area contributed by atoms with Crippen molar-refractivity contribution in [1.82, 2.24) is 4.98 Å². The number of aromatic nitrogens is 1. The van der Waals surface area contributed by atoms with Crippen molar-refractivity contribution in [2.24, 2.45) is 0 Å². The fraction of sp³-hybridized carbons (Fsp3) is 0.125. The highest BCUT2D eigenvalue weighted by molar-refractivity contribution is 6.03. The summed E-state index contributed by atoms with van der Waals surface area (Å²) in [6.45, 7) is 1.87. The quantitative estimate of drug-likeness (QED) is 0.448. The summed E-state index contributed by atoms with van der Waals surface area (Å²) in [5, 5.41) is 2.59. The second-order valence-electron chi connectivity index (χ2n) is 6.62. The molecule has 0 unspecified atom stereocenters. The minimum absolute atomic E-state index is 0.0196. The third kappa shape index (κ3) is 5.99. The van der Waals surface area contributed by atoms with Crippen LogP contribution >= 0.6 is 0 Å². The van der Waals surface area contributed by atoms with Gasteiger partial charge in [-0.25, -0.2) is 9.18 Å². The number of carbonyl (C=O) groups excluding carboxylic acids is 2. The highest BCUT2D eigenvalue weighted by atomic mass is 19.1. The van der Waals surface area contributed by atoms with Gasteiger partial charge in [-0.3, -0.25) is 9.78 Å². The number of benzene rings is 2. The molecule has 7 heteroatoms. The molecule has 0 fully saturated rings. The molecule has 0 spiro atoms. The van der Waals surface area contributed by atoms with E-state index in [2.05, 4.69) is 15.0 Å². The van der Waals surface area contributed by atoms with Crippen LogP contribution in [0.2, 0.25) is 0 Å². The molecule has 31 heavy (non-hydrogen) atoms. The lowest BCUT2D eigenvalue weighted by Gasteiger charge is -2.10. The van der Waals surface area contributed by atoms with Gasteiger partial charge in [-0.1, -0.05) is 18.2 Å². The summed E-state index contributed by atoms with van der Waals surface area (Å²) in [6.07, 6.45) is 4.65. The molecule has 1 N–H and O–H groups in total. The van der Waals surface area contributed by atoms with Crippen molar-refractivity contribution in [3.8, 4) is 5.75 Å². The van der Waals surface area contributed by atoms with E-state index in [1.165, 1.54) is 26.2 Å². The maximum Gasteiger partial charge on any atom is 0.338 e. The number of pyridine rings is 1. The Morgan fingerprint density at radius 1 is 1.13 bits per heavy atom. The number of hydrogen-bond acceptors (Lipinski definition) is 5. The Kier molecular flexibility index (Phi) is 7.11. The molecule has 1 aromatic heterocycles. The van der Waals surface area contributed by atoms with Gasteiger partial charge in [0.15, 0.2) is 0 Å². The van der Waals surface area contributed by atoms with Gasteiger partial charge in [-0.15, -0.1) is 0 Å². The summed E-state index contributed by atoms with van der Waals surface area (Å²) in [5.74, 6) is -1.07. The Hall–Kier alpha value is -4.00. The van der Waals surface area contributed by atoms with E-state index in [0.717, 1.165) is 17.3 Å². The minimum atomic E-state index is -0.685. The number of amides is 1. The molecule has 158 valence electrons. The molecule has 1 heterocycles. The second-order valence-corrected chi connectivity index (χ2v) is 6.62. The number of esters is 1. The lowest BCUT2D eigenvalue weighted by atomic mass is 10.1. The van der Waals surface area contributed by atoms with E-state index in [9.17, 15) is 14.0 Å². The van der Waals surface area contributed by atoms with Gasteiger partial charge in [0, 0.05) is 23.5 Å². The normalized spacial score (nSPS) is 10.7. The first kappa shape index (κ1) is 21.7. The molecule has 0 bridgehead atoms. The first-order valence-electron chi connectivity index (χ1n) is 9.46. The average molecular weight is 420 g/mol. The van der Waals surface area contributed by atoms with E-state index in [-0.39, 0.29) is 16.8 Å². The Bertz CT molecular complexity index is 1100. The molecule has 3 aromatic rings. The summed E-state index contributed by atoms with van der Waals surface area (Å²) < 4.78 is 24.3. The molecular weight excluding hydrogens is 399 g/mol. The van der Waals surface area contributed by atoms with E-state index in [4.69, 9.17) is 4.74 Å². The topological polar surface area (TPSA) is 77.5 Å². The number of hydrogen-bond donors (Lipinski definition) is 1. The monoisotopic (exact) mass is 420 g/mol. The average Bonchev–Trinajstić information content (AvgIpc) is 2.80. The molecule has 0 aliphatic carbocycles. The Morgan fingerprint density at radius 2 is 1.90 bits per heavy atom. The third-order valence-electron chi connectivity index (χ3n) is 4.44. The predicted molar refractivity (Wildman–Crippen MR) is 115 cm³/mol. The lowest BCUT2D eigenvalue weighted by molar-refractivity contribution is -0.111. The maximum absolute atomic E-state index is 14.1. The standard InChI is InChI=1S/C24H21FN2O4/c1-16-21(25)13-18(24(29)30-2)14-22(16)27-23(28)11-8-17-6-9-20(10-7-17)31-15-19-5-3-4-12-26-19/h3-14H,15H2,1-2H3,(H,27,28)/b11-8+. The number of methoxy groups -OCH3 is 1. The molecule has 0 aliphatic heterocycles. The summed E-state index contributed by atoms with van der Waals surface area (Å²) in [6, 6.07) is 15.3. The molecule has 0 saturated carbocycles. The first-order chi connectivity index (χ1) is 15.0. The molecule has 0 radical (unpaired) electrons. The molecule has 2 aromatic carbocycles. The van der Waals surface area contributed by atoms with Crippen molar-refractivity contribution in [3.05, 3.63) is 95.1 Å². The van der Waals surface area contributed by atoms with Crippen LogP contribution in [-0.4, -0.2) is 24.0 Å². The van der Waals surface area contributed by atoms with E-state index in [1.54, 1.807) is 36.5 Å². The van der Waals surface area contributed by atoms with Crippen molar-refractivity contribution in [2.45, 2.75) is 13.5 Å². The molecule has 0 aliphatic rings. The number of nitrogens with one attached hydrogen (secondary N) is 1. The van der Waals surface area contributed by atoms with Gasteiger partial charge in [0.1, 0.15) is 18.2 Å². The number of nitrogens with zero attached hydrogens (tertiary/aromatic N) is 1. The molecule has 1 amide bonds. The van der Waals surface area contributed by atoms with Crippen LogP contribution in [0.3, 0.4) is 0 Å². The molecule has 0 atom stereocenters. The fourth-order valence-electron chi connectivity index (χ4n) is 2.71. The highest BCUT2D eigenvalue weighted by Crippen LogP contribution is 2.21. The number of anilines is 1. The van der Waals surface area contributed by atoms with Crippen LogP contribution in [-0.2, 0) is 16.1 Å². The van der Waals surface area contributed by atoms with Crippen LogP contribution in [0.15, 0.2) is 66.9 Å². The van der Waals surface area contributed by atoms with Crippen LogP contribution < -0.4 is 10.1 Å².